The molecule has 106 valence electrons. The van der Waals surface area contributed by atoms with E-state index in [1.165, 1.54) is 5.56 Å². The molecule has 0 bridgehead atoms. The van der Waals surface area contributed by atoms with E-state index >= 15 is 0 Å². The number of nitrogens with two attached hydrogens (primary N) is 1. The molecular weight excluding hydrogens is 258 g/mol. The van der Waals surface area contributed by atoms with E-state index in [-0.39, 0.29) is 0 Å². The smallest absolute Gasteiger partial charge is 0.115 e. The number of hydrogen-bond donors (Lipinski definition) is 1. The van der Waals surface area contributed by atoms with Gasteiger partial charge in [0.25, 0.3) is 0 Å². The van der Waals surface area contributed by atoms with Crippen LogP contribution in [0.3, 0.4) is 0 Å². The lowest BCUT2D eigenvalue weighted by Gasteiger charge is -2.02. The fourth-order valence-corrected chi connectivity index (χ4v) is 2.46. The number of hydrogen-bond acceptors (Lipinski definition) is 2. The van der Waals surface area contributed by atoms with Crippen LogP contribution in [0.4, 0.5) is 5.69 Å². The molecule has 3 rings (SSSR count). The van der Waals surface area contributed by atoms with Gasteiger partial charge in [-0.3, -0.25) is 4.68 Å². The lowest BCUT2D eigenvalue weighted by Crippen LogP contribution is -2.00. The van der Waals surface area contributed by atoms with Crippen LogP contribution < -0.4 is 5.73 Å². The van der Waals surface area contributed by atoms with Crippen LogP contribution in [0.25, 0.3) is 11.3 Å². The third-order valence-corrected chi connectivity index (χ3v) is 3.53. The normalized spacial score (nSPS) is 10.7. The third-order valence-electron chi connectivity index (χ3n) is 3.53. The number of nitrogen functional groups attached to an aromatic ring is 1. The van der Waals surface area contributed by atoms with Crippen LogP contribution in [-0.4, -0.2) is 9.78 Å². The molecule has 1 heterocycles. The van der Waals surface area contributed by atoms with Crippen LogP contribution in [0, 0.1) is 0 Å². The quantitative estimate of drug-likeness (QED) is 0.771. The zero-order valence-electron chi connectivity index (χ0n) is 11.9. The maximum Gasteiger partial charge on any atom is 0.115 e. The average molecular weight is 277 g/mol. The molecular formula is C18H19N3. The van der Waals surface area contributed by atoms with Crippen LogP contribution in [0.2, 0.25) is 0 Å². The summed E-state index contributed by atoms with van der Waals surface area (Å²) in [5.41, 5.74) is 10.1. The average Bonchev–Trinajstić information content (AvgIpc) is 2.90. The summed E-state index contributed by atoms with van der Waals surface area (Å²) in [7, 11) is 0. The molecule has 0 unspecified atom stereocenters. The molecule has 3 heteroatoms. The summed E-state index contributed by atoms with van der Waals surface area (Å²) in [6.45, 7) is 0.881. The van der Waals surface area contributed by atoms with Crippen molar-refractivity contribution in [1.29, 1.82) is 0 Å². The minimum absolute atomic E-state index is 0.737. The second-order valence-corrected chi connectivity index (χ2v) is 5.15. The van der Waals surface area contributed by atoms with Gasteiger partial charge in [0.15, 0.2) is 0 Å². The Morgan fingerprint density at radius 1 is 0.905 bits per heavy atom. The van der Waals surface area contributed by atoms with Crippen molar-refractivity contribution in [2.24, 2.45) is 0 Å². The lowest BCUT2D eigenvalue weighted by molar-refractivity contribution is 0.580. The van der Waals surface area contributed by atoms with Crippen LogP contribution in [0.15, 0.2) is 66.9 Å². The van der Waals surface area contributed by atoms with Crippen molar-refractivity contribution in [1.82, 2.24) is 9.78 Å². The third kappa shape index (κ3) is 3.31. The first-order chi connectivity index (χ1) is 10.3. The zero-order valence-corrected chi connectivity index (χ0v) is 11.9. The van der Waals surface area contributed by atoms with Crippen molar-refractivity contribution in [2.75, 3.05) is 5.73 Å². The highest BCUT2D eigenvalue weighted by Gasteiger charge is 2.07. The van der Waals surface area contributed by atoms with Crippen LogP contribution in [-0.2, 0) is 13.0 Å². The molecule has 0 radical (unpaired) electrons. The van der Waals surface area contributed by atoms with Crippen LogP contribution >= 0.6 is 0 Å². The molecule has 0 atom stereocenters. The number of rotatable bonds is 5. The fraction of sp³-hybridized carbons (Fsp3) is 0.167. The minimum Gasteiger partial charge on any atom is -0.396 e. The Hall–Kier alpha value is -2.55. The van der Waals surface area contributed by atoms with E-state index in [4.69, 9.17) is 5.73 Å². The van der Waals surface area contributed by atoms with E-state index in [2.05, 4.69) is 29.4 Å². The fourth-order valence-electron chi connectivity index (χ4n) is 2.46. The SMILES string of the molecule is Nc1cn(CCCc2ccccc2)nc1-c1ccccc1. The monoisotopic (exact) mass is 277 g/mol. The van der Waals surface area contributed by atoms with E-state index in [1.54, 1.807) is 0 Å². The van der Waals surface area contributed by atoms with Crippen molar-refractivity contribution in [2.45, 2.75) is 19.4 Å². The van der Waals surface area contributed by atoms with Gasteiger partial charge in [-0.25, -0.2) is 0 Å². The first-order valence-corrected chi connectivity index (χ1v) is 7.25. The van der Waals surface area contributed by atoms with Gasteiger partial charge < -0.3 is 5.73 Å². The molecule has 21 heavy (non-hydrogen) atoms. The highest BCUT2D eigenvalue weighted by molar-refractivity contribution is 5.71. The number of aromatic nitrogens is 2. The van der Waals surface area contributed by atoms with Gasteiger partial charge in [-0.15, -0.1) is 0 Å². The Morgan fingerprint density at radius 3 is 2.29 bits per heavy atom. The number of aryl methyl sites for hydroxylation is 2. The highest BCUT2D eigenvalue weighted by atomic mass is 15.3. The molecule has 0 saturated heterocycles. The first kappa shape index (κ1) is 13.4. The second-order valence-electron chi connectivity index (χ2n) is 5.15. The van der Waals surface area contributed by atoms with Gasteiger partial charge in [0, 0.05) is 18.3 Å². The molecule has 0 fully saturated rings. The maximum absolute atomic E-state index is 6.07. The number of nitrogens with zero attached hydrogens (tertiary/aromatic N) is 2. The van der Waals surface area contributed by atoms with Crippen LogP contribution in [0.1, 0.15) is 12.0 Å². The van der Waals surface area contributed by atoms with Crippen molar-refractivity contribution < 1.29 is 0 Å². The summed E-state index contributed by atoms with van der Waals surface area (Å²) in [6.07, 6.45) is 4.04. The highest BCUT2D eigenvalue weighted by Crippen LogP contribution is 2.23. The Labute approximate surface area is 125 Å². The molecule has 0 aliphatic carbocycles. The van der Waals surface area contributed by atoms with E-state index in [0.717, 1.165) is 36.3 Å². The van der Waals surface area contributed by atoms with Crippen molar-refractivity contribution >= 4 is 5.69 Å². The van der Waals surface area contributed by atoms with Crippen molar-refractivity contribution in [3.8, 4) is 11.3 Å². The maximum atomic E-state index is 6.07. The largest absolute Gasteiger partial charge is 0.396 e. The zero-order chi connectivity index (χ0) is 14.5. The predicted octanol–water partition coefficient (Wildman–Crippen LogP) is 3.77. The van der Waals surface area contributed by atoms with Crippen molar-refractivity contribution in [3.05, 3.63) is 72.4 Å². The molecule has 1 aromatic heterocycles. The molecule has 2 N–H and O–H groups in total. The van der Waals surface area contributed by atoms with Gasteiger partial charge in [0.1, 0.15) is 5.69 Å². The van der Waals surface area contributed by atoms with E-state index < -0.39 is 0 Å². The predicted molar refractivity (Wildman–Crippen MR) is 86.8 cm³/mol. The van der Waals surface area contributed by atoms with Gasteiger partial charge >= 0.3 is 0 Å². The van der Waals surface area contributed by atoms with Crippen LogP contribution in [0.5, 0.6) is 0 Å². The molecule has 0 aliphatic heterocycles. The second kappa shape index (κ2) is 6.27. The number of benzene rings is 2. The van der Waals surface area contributed by atoms with E-state index in [0.29, 0.717) is 0 Å². The van der Waals surface area contributed by atoms with Gasteiger partial charge in [-0.1, -0.05) is 60.7 Å². The van der Waals surface area contributed by atoms with Gasteiger partial charge in [0.05, 0.1) is 5.69 Å². The van der Waals surface area contributed by atoms with Gasteiger partial charge in [-0.05, 0) is 18.4 Å². The summed E-state index contributed by atoms with van der Waals surface area (Å²) in [5, 5.41) is 4.60. The number of anilines is 1. The standard InChI is InChI=1S/C18H19N3/c19-17-14-21(13-7-10-15-8-3-1-4-9-15)20-18(17)16-11-5-2-6-12-16/h1-6,8-9,11-12,14H,7,10,13,19H2. The van der Waals surface area contributed by atoms with E-state index in [9.17, 15) is 0 Å². The Kier molecular flexibility index (Phi) is 4.01. The summed E-state index contributed by atoms with van der Waals surface area (Å²) in [6, 6.07) is 20.6. The van der Waals surface area contributed by atoms with Gasteiger partial charge in [0.2, 0.25) is 0 Å². The molecule has 2 aromatic carbocycles. The van der Waals surface area contributed by atoms with Crippen molar-refractivity contribution in [3.63, 3.8) is 0 Å². The first-order valence-electron chi connectivity index (χ1n) is 7.25. The Bertz CT molecular complexity index is 687. The Morgan fingerprint density at radius 2 is 1.57 bits per heavy atom. The summed E-state index contributed by atoms with van der Waals surface area (Å²) >= 11 is 0. The molecule has 0 saturated carbocycles. The Balaban J connectivity index is 1.65. The molecule has 0 amide bonds. The summed E-state index contributed by atoms with van der Waals surface area (Å²) in [4.78, 5) is 0. The minimum atomic E-state index is 0.737. The molecule has 0 aliphatic rings. The summed E-state index contributed by atoms with van der Waals surface area (Å²) in [5.74, 6) is 0. The lowest BCUT2D eigenvalue weighted by atomic mass is 10.1. The molecule has 3 nitrogen and oxygen atoms in total. The van der Waals surface area contributed by atoms with Gasteiger partial charge in [-0.2, -0.15) is 5.10 Å². The molecule has 0 spiro atoms. The molecule has 3 aromatic rings. The van der Waals surface area contributed by atoms with E-state index in [1.807, 2.05) is 47.3 Å². The summed E-state index contributed by atoms with van der Waals surface area (Å²) < 4.78 is 1.95. The topological polar surface area (TPSA) is 43.8 Å².